The molecule has 0 amide bonds. The summed E-state index contributed by atoms with van der Waals surface area (Å²) < 4.78 is 4.91. The zero-order chi connectivity index (χ0) is 8.97. The van der Waals surface area contributed by atoms with Crippen molar-refractivity contribution in [3.8, 4) is 0 Å². The van der Waals surface area contributed by atoms with Gasteiger partial charge in [0.25, 0.3) is 0 Å². The van der Waals surface area contributed by atoms with Gasteiger partial charge in [0.1, 0.15) is 0 Å². The molecule has 0 spiro atoms. The van der Waals surface area contributed by atoms with Gasteiger partial charge in [-0.3, -0.25) is 4.79 Å². The van der Waals surface area contributed by atoms with E-state index < -0.39 is 0 Å². The maximum Gasteiger partial charge on any atom is 0.303 e. The van der Waals surface area contributed by atoms with Crippen molar-refractivity contribution in [1.29, 1.82) is 0 Å². The van der Waals surface area contributed by atoms with E-state index >= 15 is 0 Å². The van der Waals surface area contributed by atoms with E-state index in [0.29, 0.717) is 6.10 Å². The van der Waals surface area contributed by atoms with Crippen molar-refractivity contribution in [2.75, 3.05) is 0 Å². The van der Waals surface area contributed by atoms with Gasteiger partial charge in [0.05, 0.1) is 0 Å². The summed E-state index contributed by atoms with van der Waals surface area (Å²) in [5, 5.41) is 0. The van der Waals surface area contributed by atoms with Crippen LogP contribution in [-0.2, 0) is 9.53 Å². The van der Waals surface area contributed by atoms with Crippen LogP contribution in [0.3, 0.4) is 0 Å². The first-order chi connectivity index (χ1) is 5.70. The molecule has 2 nitrogen and oxygen atoms in total. The molecule has 0 saturated carbocycles. The first kappa shape index (κ1) is 8.78. The third-order valence-corrected chi connectivity index (χ3v) is 1.48. The normalized spacial score (nSPS) is 9.92. The van der Waals surface area contributed by atoms with Gasteiger partial charge in [0.2, 0.25) is 0 Å². The summed E-state index contributed by atoms with van der Waals surface area (Å²) in [6, 6.07) is 9.53. The van der Waals surface area contributed by atoms with Gasteiger partial charge in [-0.05, 0) is 12.5 Å². The highest BCUT2D eigenvalue weighted by Gasteiger charge is 2.08. The van der Waals surface area contributed by atoms with Gasteiger partial charge in [0, 0.05) is 6.92 Å². The average Bonchev–Trinajstić information content (AvgIpc) is 2.05. The molecule has 1 radical (unpaired) electrons. The van der Waals surface area contributed by atoms with E-state index in [1.54, 1.807) is 6.92 Å². The van der Waals surface area contributed by atoms with Gasteiger partial charge >= 0.3 is 5.97 Å². The largest absolute Gasteiger partial charge is 0.450 e. The fraction of sp³-hybridized carbons (Fsp3) is 0.200. The van der Waals surface area contributed by atoms with Crippen LogP contribution < -0.4 is 0 Å². The monoisotopic (exact) mass is 163 g/mol. The van der Waals surface area contributed by atoms with Crippen LogP contribution in [0.25, 0.3) is 0 Å². The predicted molar refractivity (Wildman–Crippen MR) is 46.2 cm³/mol. The molecule has 0 aliphatic heterocycles. The molecule has 1 aromatic rings. The summed E-state index contributed by atoms with van der Waals surface area (Å²) in [7, 11) is 0. The highest BCUT2D eigenvalue weighted by atomic mass is 16.5. The lowest BCUT2D eigenvalue weighted by Crippen LogP contribution is -2.05. The van der Waals surface area contributed by atoms with E-state index in [2.05, 4.69) is 0 Å². The molecule has 0 saturated heterocycles. The van der Waals surface area contributed by atoms with Gasteiger partial charge in [0.15, 0.2) is 6.10 Å². The molecular formula is C10H11O2. The summed E-state index contributed by atoms with van der Waals surface area (Å²) in [5.74, 6) is -0.281. The number of benzene rings is 1. The molecule has 0 heterocycles. The molecule has 0 aliphatic carbocycles. The third-order valence-electron chi connectivity index (χ3n) is 1.48. The lowest BCUT2D eigenvalue weighted by Gasteiger charge is -2.09. The number of rotatable bonds is 2. The minimum absolute atomic E-state index is 0.281. The Kier molecular flexibility index (Phi) is 2.86. The van der Waals surface area contributed by atoms with Crippen molar-refractivity contribution in [2.24, 2.45) is 0 Å². The molecule has 1 aromatic carbocycles. The van der Waals surface area contributed by atoms with Crippen molar-refractivity contribution in [1.82, 2.24) is 0 Å². The van der Waals surface area contributed by atoms with Crippen LogP contribution >= 0.6 is 0 Å². The maximum atomic E-state index is 10.6. The van der Waals surface area contributed by atoms with Gasteiger partial charge in [-0.1, -0.05) is 30.3 Å². The Balaban J connectivity index is 2.65. The minimum Gasteiger partial charge on any atom is -0.450 e. The van der Waals surface area contributed by atoms with Crippen LogP contribution in [0.2, 0.25) is 0 Å². The Bertz CT molecular complexity index is 254. The Morgan fingerprint density at radius 3 is 2.25 bits per heavy atom. The summed E-state index contributed by atoms with van der Waals surface area (Å²) >= 11 is 0. The van der Waals surface area contributed by atoms with Crippen LogP contribution in [0.5, 0.6) is 0 Å². The van der Waals surface area contributed by atoms with Gasteiger partial charge in [-0.2, -0.15) is 0 Å². The van der Waals surface area contributed by atoms with Gasteiger partial charge in [-0.15, -0.1) is 0 Å². The molecule has 0 fully saturated rings. The Hall–Kier alpha value is -1.31. The summed E-state index contributed by atoms with van der Waals surface area (Å²) in [5.41, 5.74) is 0.938. The lowest BCUT2D eigenvalue weighted by molar-refractivity contribution is -0.139. The average molecular weight is 163 g/mol. The van der Waals surface area contributed by atoms with E-state index in [9.17, 15) is 4.79 Å². The first-order valence-corrected chi connectivity index (χ1v) is 3.77. The van der Waals surface area contributed by atoms with E-state index in [1.807, 2.05) is 30.3 Å². The van der Waals surface area contributed by atoms with E-state index in [0.717, 1.165) is 5.56 Å². The highest BCUT2D eigenvalue weighted by Crippen LogP contribution is 2.14. The molecule has 1 rings (SSSR count). The maximum absolute atomic E-state index is 10.6. The van der Waals surface area contributed by atoms with Crippen molar-refractivity contribution >= 4 is 5.97 Å². The van der Waals surface area contributed by atoms with Crippen molar-refractivity contribution in [3.05, 3.63) is 42.0 Å². The zero-order valence-electron chi connectivity index (χ0n) is 7.20. The second-order valence-electron chi connectivity index (χ2n) is 2.52. The van der Waals surface area contributed by atoms with Gasteiger partial charge in [-0.25, -0.2) is 0 Å². The van der Waals surface area contributed by atoms with E-state index in [1.165, 1.54) is 6.92 Å². The van der Waals surface area contributed by atoms with Crippen LogP contribution in [-0.4, -0.2) is 5.97 Å². The van der Waals surface area contributed by atoms with Crippen LogP contribution in [0.4, 0.5) is 0 Å². The van der Waals surface area contributed by atoms with Crippen molar-refractivity contribution in [2.45, 2.75) is 13.8 Å². The smallest absolute Gasteiger partial charge is 0.303 e. The van der Waals surface area contributed by atoms with Crippen LogP contribution in [0.15, 0.2) is 30.3 Å². The van der Waals surface area contributed by atoms with Crippen molar-refractivity contribution < 1.29 is 9.53 Å². The number of hydrogen-bond donors (Lipinski definition) is 0. The molecule has 0 bridgehead atoms. The molecule has 12 heavy (non-hydrogen) atoms. The summed E-state index contributed by atoms with van der Waals surface area (Å²) in [6.07, 6.45) is 0.642. The number of carbonyl (C=O) groups is 1. The Morgan fingerprint density at radius 2 is 1.75 bits per heavy atom. The van der Waals surface area contributed by atoms with Crippen LogP contribution in [0, 0.1) is 6.10 Å². The Labute approximate surface area is 72.2 Å². The zero-order valence-corrected chi connectivity index (χ0v) is 7.20. The van der Waals surface area contributed by atoms with Crippen molar-refractivity contribution in [3.63, 3.8) is 0 Å². The summed E-state index contributed by atoms with van der Waals surface area (Å²) in [6.45, 7) is 3.17. The van der Waals surface area contributed by atoms with E-state index in [4.69, 9.17) is 4.74 Å². The Morgan fingerprint density at radius 1 is 1.17 bits per heavy atom. The lowest BCUT2D eigenvalue weighted by atomic mass is 10.1. The number of carbonyl (C=O) groups excluding carboxylic acids is 1. The first-order valence-electron chi connectivity index (χ1n) is 3.77. The SMILES string of the molecule is C[C](OC(C)=O)c1ccccc1. The second-order valence-corrected chi connectivity index (χ2v) is 2.52. The number of esters is 1. The standard InChI is InChI=1S/C10H11O2/c1-8(12-9(2)11)10-6-4-3-5-7-10/h3-7H,1-2H3. The predicted octanol–water partition coefficient (Wildman–Crippen LogP) is 2.15. The van der Waals surface area contributed by atoms with Gasteiger partial charge < -0.3 is 4.74 Å². The topological polar surface area (TPSA) is 26.3 Å². The molecule has 63 valence electrons. The molecule has 0 atom stereocenters. The number of hydrogen-bond acceptors (Lipinski definition) is 2. The number of ether oxygens (including phenoxy) is 1. The molecule has 0 aliphatic rings. The second kappa shape index (κ2) is 3.90. The molecule has 0 unspecified atom stereocenters. The third kappa shape index (κ3) is 2.38. The fourth-order valence-corrected chi connectivity index (χ4v) is 0.947. The fourth-order valence-electron chi connectivity index (χ4n) is 0.947. The molecule has 2 heteroatoms. The summed E-state index contributed by atoms with van der Waals surface area (Å²) in [4.78, 5) is 10.6. The van der Waals surface area contributed by atoms with Crippen LogP contribution in [0.1, 0.15) is 19.4 Å². The molecule has 0 aromatic heterocycles. The molecular weight excluding hydrogens is 152 g/mol. The van der Waals surface area contributed by atoms with E-state index in [-0.39, 0.29) is 5.97 Å². The highest BCUT2D eigenvalue weighted by molar-refractivity contribution is 5.67. The quantitative estimate of drug-likeness (QED) is 0.624. The molecule has 0 N–H and O–H groups in total. The minimum atomic E-state index is -0.281.